The number of rotatable bonds is 5. The van der Waals surface area contributed by atoms with Gasteiger partial charge in [0.15, 0.2) is 6.61 Å². The number of ether oxygens (including phenoxy) is 1. The summed E-state index contributed by atoms with van der Waals surface area (Å²) in [5.74, 6) is 0.206. The molecule has 0 unspecified atom stereocenters. The van der Waals surface area contributed by atoms with Crippen molar-refractivity contribution in [2.45, 2.75) is 13.0 Å². The third kappa shape index (κ3) is 3.32. The second-order valence-electron chi connectivity index (χ2n) is 5.69. The zero-order valence-electron chi connectivity index (χ0n) is 13.6. The number of nitrogens with one attached hydrogen (secondary N) is 1. The van der Waals surface area contributed by atoms with Gasteiger partial charge in [0.05, 0.1) is 11.4 Å². The fourth-order valence-corrected chi connectivity index (χ4v) is 2.91. The normalized spacial score (nSPS) is 11.0. The van der Waals surface area contributed by atoms with E-state index in [2.05, 4.69) is 15.1 Å². The van der Waals surface area contributed by atoms with Crippen molar-refractivity contribution in [1.29, 1.82) is 0 Å². The standard InChI is InChI=1S/C19H14ClN3O3/c20-15-7-3-1-6-14(15)19-22-17(26-23-19)11-25-18(24)9-12-10-21-16-8-4-2-5-13(12)16/h1-8,10,21H,9,11H2. The Morgan fingerprint density at radius 1 is 1.15 bits per heavy atom. The lowest BCUT2D eigenvalue weighted by Gasteiger charge is -2.01. The number of fused-ring (bicyclic) bond motifs is 1. The topological polar surface area (TPSA) is 81.0 Å². The van der Waals surface area contributed by atoms with Crippen LogP contribution in [0.15, 0.2) is 59.3 Å². The first kappa shape index (κ1) is 16.4. The van der Waals surface area contributed by atoms with E-state index in [1.54, 1.807) is 12.1 Å². The Morgan fingerprint density at radius 2 is 1.96 bits per heavy atom. The SMILES string of the molecule is O=C(Cc1c[nH]c2ccccc12)OCc1nc(-c2ccccc2Cl)no1. The van der Waals surface area contributed by atoms with Gasteiger partial charge in [-0.2, -0.15) is 4.98 Å². The highest BCUT2D eigenvalue weighted by Gasteiger charge is 2.14. The Morgan fingerprint density at radius 3 is 2.85 bits per heavy atom. The molecule has 4 rings (SSSR count). The quantitative estimate of drug-likeness (QED) is 0.536. The molecule has 0 atom stereocenters. The first-order chi connectivity index (χ1) is 12.7. The second-order valence-corrected chi connectivity index (χ2v) is 6.10. The molecule has 0 bridgehead atoms. The van der Waals surface area contributed by atoms with E-state index in [-0.39, 0.29) is 24.9 Å². The van der Waals surface area contributed by atoms with Crippen LogP contribution in [0.4, 0.5) is 0 Å². The molecular formula is C19H14ClN3O3. The fraction of sp³-hybridized carbons (Fsp3) is 0.105. The molecule has 2 heterocycles. The minimum Gasteiger partial charge on any atom is -0.455 e. The predicted octanol–water partition coefficient (Wildman–Crippen LogP) is 4.16. The minimum atomic E-state index is -0.368. The molecule has 0 saturated heterocycles. The first-order valence-corrected chi connectivity index (χ1v) is 8.36. The Hall–Kier alpha value is -3.12. The smallest absolute Gasteiger partial charge is 0.310 e. The molecule has 1 N–H and O–H groups in total. The van der Waals surface area contributed by atoms with Crippen LogP contribution < -0.4 is 0 Å². The van der Waals surface area contributed by atoms with Gasteiger partial charge in [0.1, 0.15) is 0 Å². The van der Waals surface area contributed by atoms with Crippen molar-refractivity contribution in [3.63, 3.8) is 0 Å². The van der Waals surface area contributed by atoms with Gasteiger partial charge in [-0.05, 0) is 23.8 Å². The van der Waals surface area contributed by atoms with Gasteiger partial charge in [-0.25, -0.2) is 0 Å². The molecule has 0 spiro atoms. The predicted molar refractivity (Wildman–Crippen MR) is 96.5 cm³/mol. The van der Waals surface area contributed by atoms with Crippen LogP contribution in [-0.2, 0) is 22.6 Å². The summed E-state index contributed by atoms with van der Waals surface area (Å²) in [6.45, 7) is -0.0847. The van der Waals surface area contributed by atoms with E-state index < -0.39 is 0 Å². The van der Waals surface area contributed by atoms with Crippen molar-refractivity contribution in [1.82, 2.24) is 15.1 Å². The van der Waals surface area contributed by atoms with Gasteiger partial charge in [0.25, 0.3) is 5.89 Å². The number of aromatic amines is 1. The van der Waals surface area contributed by atoms with E-state index in [1.165, 1.54) is 0 Å². The molecule has 6 nitrogen and oxygen atoms in total. The number of para-hydroxylation sites is 1. The maximum absolute atomic E-state index is 12.1. The molecule has 4 aromatic rings. The van der Waals surface area contributed by atoms with Gasteiger partial charge in [0.2, 0.25) is 5.82 Å². The molecular weight excluding hydrogens is 354 g/mol. The van der Waals surface area contributed by atoms with Crippen LogP contribution in [0.2, 0.25) is 5.02 Å². The number of benzene rings is 2. The van der Waals surface area contributed by atoms with Crippen molar-refractivity contribution < 1.29 is 14.1 Å². The molecule has 2 aromatic heterocycles. The van der Waals surface area contributed by atoms with E-state index in [0.717, 1.165) is 16.5 Å². The Balaban J connectivity index is 1.40. The van der Waals surface area contributed by atoms with Crippen LogP contribution in [0.25, 0.3) is 22.3 Å². The summed E-state index contributed by atoms with van der Waals surface area (Å²) in [5, 5.41) is 5.40. The van der Waals surface area contributed by atoms with Gasteiger partial charge in [-0.3, -0.25) is 4.79 Å². The zero-order chi connectivity index (χ0) is 17.9. The van der Waals surface area contributed by atoms with Crippen LogP contribution in [0.3, 0.4) is 0 Å². The molecule has 0 saturated carbocycles. The summed E-state index contributed by atoms with van der Waals surface area (Å²) in [7, 11) is 0. The van der Waals surface area contributed by atoms with Crippen LogP contribution in [0, 0.1) is 0 Å². The van der Waals surface area contributed by atoms with Gasteiger partial charge < -0.3 is 14.2 Å². The number of carbonyl (C=O) groups is 1. The monoisotopic (exact) mass is 367 g/mol. The van der Waals surface area contributed by atoms with E-state index in [4.69, 9.17) is 20.9 Å². The number of aromatic nitrogens is 3. The molecule has 26 heavy (non-hydrogen) atoms. The van der Waals surface area contributed by atoms with Crippen LogP contribution in [0.1, 0.15) is 11.5 Å². The third-order valence-electron chi connectivity index (χ3n) is 3.95. The summed E-state index contributed by atoms with van der Waals surface area (Å²) in [5.41, 5.74) is 2.53. The molecule has 0 fully saturated rings. The number of hydrogen-bond acceptors (Lipinski definition) is 5. The Kier molecular flexibility index (Phi) is 4.41. The number of nitrogens with zero attached hydrogens (tertiary/aromatic N) is 2. The lowest BCUT2D eigenvalue weighted by molar-refractivity contribution is -0.144. The lowest BCUT2D eigenvalue weighted by Crippen LogP contribution is -2.07. The van der Waals surface area contributed by atoms with Gasteiger partial charge in [-0.1, -0.05) is 47.1 Å². The zero-order valence-corrected chi connectivity index (χ0v) is 14.4. The van der Waals surface area contributed by atoms with Crippen molar-refractivity contribution in [3.05, 3.63) is 71.2 Å². The largest absolute Gasteiger partial charge is 0.455 e. The summed E-state index contributed by atoms with van der Waals surface area (Å²) in [6.07, 6.45) is 1.98. The van der Waals surface area contributed by atoms with Crippen molar-refractivity contribution in [3.8, 4) is 11.4 Å². The van der Waals surface area contributed by atoms with Crippen LogP contribution in [-0.4, -0.2) is 21.1 Å². The number of hydrogen-bond donors (Lipinski definition) is 1. The van der Waals surface area contributed by atoms with Gasteiger partial charge in [-0.15, -0.1) is 0 Å². The molecule has 0 amide bonds. The number of carbonyl (C=O) groups excluding carboxylic acids is 1. The van der Waals surface area contributed by atoms with Crippen molar-refractivity contribution in [2.24, 2.45) is 0 Å². The number of esters is 1. The van der Waals surface area contributed by atoms with Crippen molar-refractivity contribution >= 4 is 28.5 Å². The van der Waals surface area contributed by atoms with E-state index in [9.17, 15) is 4.79 Å². The molecule has 0 aliphatic heterocycles. The maximum Gasteiger partial charge on any atom is 0.310 e. The van der Waals surface area contributed by atoms with E-state index in [1.807, 2.05) is 42.6 Å². The van der Waals surface area contributed by atoms with Gasteiger partial charge in [0, 0.05) is 22.7 Å². The van der Waals surface area contributed by atoms with Crippen LogP contribution >= 0.6 is 11.6 Å². The molecule has 130 valence electrons. The Labute approximate surface area is 153 Å². The molecule has 0 aliphatic rings. The minimum absolute atomic E-state index is 0.0847. The lowest BCUT2D eigenvalue weighted by atomic mass is 10.1. The molecule has 2 aromatic carbocycles. The molecule has 0 aliphatic carbocycles. The highest BCUT2D eigenvalue weighted by atomic mass is 35.5. The van der Waals surface area contributed by atoms with E-state index >= 15 is 0 Å². The summed E-state index contributed by atoms with van der Waals surface area (Å²) in [6, 6.07) is 15.0. The highest BCUT2D eigenvalue weighted by Crippen LogP contribution is 2.25. The van der Waals surface area contributed by atoms with Crippen molar-refractivity contribution in [2.75, 3.05) is 0 Å². The average molecular weight is 368 g/mol. The average Bonchev–Trinajstić information content (AvgIpc) is 3.28. The summed E-state index contributed by atoms with van der Waals surface area (Å²) >= 11 is 6.11. The fourth-order valence-electron chi connectivity index (χ4n) is 2.69. The van der Waals surface area contributed by atoms with Gasteiger partial charge >= 0.3 is 5.97 Å². The highest BCUT2D eigenvalue weighted by molar-refractivity contribution is 6.33. The van der Waals surface area contributed by atoms with E-state index in [0.29, 0.717) is 16.4 Å². The second kappa shape index (κ2) is 7.01. The summed E-state index contributed by atoms with van der Waals surface area (Å²) in [4.78, 5) is 19.5. The third-order valence-corrected chi connectivity index (χ3v) is 4.28. The molecule has 7 heteroatoms. The first-order valence-electron chi connectivity index (χ1n) is 7.99. The number of H-pyrrole nitrogens is 1. The number of halogens is 1. The molecule has 0 radical (unpaired) electrons. The Bertz CT molecular complexity index is 1070. The van der Waals surface area contributed by atoms with Crippen LogP contribution in [0.5, 0.6) is 0 Å². The maximum atomic E-state index is 12.1. The summed E-state index contributed by atoms with van der Waals surface area (Å²) < 4.78 is 10.4.